The predicted molar refractivity (Wildman–Crippen MR) is 98.9 cm³/mol. The molecule has 0 atom stereocenters. The summed E-state index contributed by atoms with van der Waals surface area (Å²) in [4.78, 5) is 16.8. The summed E-state index contributed by atoms with van der Waals surface area (Å²) in [6, 6.07) is 13.5. The van der Waals surface area contributed by atoms with Gasteiger partial charge in [0.25, 0.3) is 0 Å². The van der Waals surface area contributed by atoms with Crippen molar-refractivity contribution in [3.8, 4) is 11.5 Å². The van der Waals surface area contributed by atoms with Crippen molar-refractivity contribution in [2.45, 2.75) is 20.0 Å². The Balaban J connectivity index is 1.42. The van der Waals surface area contributed by atoms with Crippen LogP contribution in [0, 0.1) is 0 Å². The van der Waals surface area contributed by atoms with E-state index >= 15 is 0 Å². The molecule has 0 fully saturated rings. The van der Waals surface area contributed by atoms with E-state index in [1.807, 2.05) is 42.5 Å². The number of fused-ring (bicyclic) bond motifs is 2. The Kier molecular flexibility index (Phi) is 4.31. The lowest BCUT2D eigenvalue weighted by Crippen LogP contribution is -2.22. The molecule has 4 rings (SSSR count). The largest absolute Gasteiger partial charge is 0.454 e. The van der Waals surface area contributed by atoms with Crippen molar-refractivity contribution < 1.29 is 14.3 Å². The molecule has 0 aliphatic carbocycles. The lowest BCUT2D eigenvalue weighted by molar-refractivity contribution is -0.116. The Labute approximate surface area is 151 Å². The van der Waals surface area contributed by atoms with Gasteiger partial charge in [-0.2, -0.15) is 0 Å². The molecular formula is C20H19N3O3. The second-order valence-electron chi connectivity index (χ2n) is 5.92. The van der Waals surface area contributed by atoms with E-state index in [0.29, 0.717) is 12.3 Å². The average Bonchev–Trinajstić information content (AvgIpc) is 3.27. The Morgan fingerprint density at radius 3 is 2.96 bits per heavy atom. The number of para-hydroxylation sites is 2. The fraction of sp³-hybridized carbons (Fsp3) is 0.200. The molecule has 2 aromatic carbocycles. The smallest absolute Gasteiger partial charge is 0.244 e. The Morgan fingerprint density at radius 1 is 1.23 bits per heavy atom. The molecule has 0 radical (unpaired) electrons. The van der Waals surface area contributed by atoms with Crippen molar-refractivity contribution in [3.63, 3.8) is 0 Å². The molecule has 1 amide bonds. The summed E-state index contributed by atoms with van der Waals surface area (Å²) in [6.45, 7) is 3.49. The van der Waals surface area contributed by atoms with Crippen LogP contribution in [0.2, 0.25) is 0 Å². The summed E-state index contributed by atoms with van der Waals surface area (Å²) in [5.41, 5.74) is 2.90. The van der Waals surface area contributed by atoms with E-state index in [9.17, 15) is 4.79 Å². The minimum absolute atomic E-state index is 0.169. The molecule has 3 aromatic rings. The van der Waals surface area contributed by atoms with E-state index in [1.165, 1.54) is 6.08 Å². The van der Waals surface area contributed by atoms with Gasteiger partial charge in [-0.15, -0.1) is 0 Å². The fourth-order valence-electron chi connectivity index (χ4n) is 3.03. The van der Waals surface area contributed by atoms with Gasteiger partial charge in [0.15, 0.2) is 11.5 Å². The number of nitrogens with one attached hydrogen (secondary N) is 1. The van der Waals surface area contributed by atoms with Crippen LogP contribution >= 0.6 is 0 Å². The highest BCUT2D eigenvalue weighted by atomic mass is 16.7. The van der Waals surface area contributed by atoms with Crippen LogP contribution < -0.4 is 14.8 Å². The van der Waals surface area contributed by atoms with Crippen molar-refractivity contribution in [2.24, 2.45) is 0 Å². The maximum absolute atomic E-state index is 12.1. The summed E-state index contributed by atoms with van der Waals surface area (Å²) < 4.78 is 12.7. The summed E-state index contributed by atoms with van der Waals surface area (Å²) >= 11 is 0. The molecule has 6 nitrogen and oxygen atoms in total. The molecule has 132 valence electrons. The first-order chi connectivity index (χ1) is 12.7. The number of hydrogen-bond donors (Lipinski definition) is 1. The van der Waals surface area contributed by atoms with Gasteiger partial charge < -0.3 is 19.4 Å². The number of hydrogen-bond acceptors (Lipinski definition) is 4. The van der Waals surface area contributed by atoms with Crippen LogP contribution in [0.1, 0.15) is 18.3 Å². The summed E-state index contributed by atoms with van der Waals surface area (Å²) in [5, 5.41) is 2.89. The van der Waals surface area contributed by atoms with E-state index in [1.54, 1.807) is 6.08 Å². The number of carbonyl (C=O) groups is 1. The first-order valence-electron chi connectivity index (χ1n) is 8.54. The van der Waals surface area contributed by atoms with Crippen molar-refractivity contribution in [2.75, 3.05) is 6.79 Å². The minimum Gasteiger partial charge on any atom is -0.454 e. The van der Waals surface area contributed by atoms with Crippen LogP contribution in [0.15, 0.2) is 48.5 Å². The van der Waals surface area contributed by atoms with Gasteiger partial charge in [-0.05, 0) is 42.8 Å². The minimum atomic E-state index is -0.169. The topological polar surface area (TPSA) is 65.4 Å². The Morgan fingerprint density at radius 2 is 2.08 bits per heavy atom. The number of ether oxygens (including phenoxy) is 2. The van der Waals surface area contributed by atoms with Crippen LogP contribution in [-0.4, -0.2) is 22.3 Å². The molecular weight excluding hydrogens is 330 g/mol. The number of aryl methyl sites for hydroxylation is 1. The monoisotopic (exact) mass is 349 g/mol. The number of rotatable bonds is 5. The van der Waals surface area contributed by atoms with Crippen molar-refractivity contribution in [1.29, 1.82) is 0 Å². The van der Waals surface area contributed by atoms with E-state index in [2.05, 4.69) is 21.8 Å². The van der Waals surface area contributed by atoms with Crippen molar-refractivity contribution >= 4 is 23.0 Å². The number of aromatic nitrogens is 2. The van der Waals surface area contributed by atoms with Gasteiger partial charge in [-0.1, -0.05) is 18.2 Å². The number of carbonyl (C=O) groups excluding carboxylic acids is 1. The molecule has 6 heteroatoms. The second kappa shape index (κ2) is 6.92. The first kappa shape index (κ1) is 16.2. The van der Waals surface area contributed by atoms with Gasteiger partial charge in [0.2, 0.25) is 12.7 Å². The lowest BCUT2D eigenvalue weighted by Gasteiger charge is -2.06. The van der Waals surface area contributed by atoms with E-state index in [-0.39, 0.29) is 12.7 Å². The number of nitrogens with zero attached hydrogens (tertiary/aromatic N) is 2. The second-order valence-corrected chi connectivity index (χ2v) is 5.92. The molecule has 1 N–H and O–H groups in total. The lowest BCUT2D eigenvalue weighted by atomic mass is 10.2. The SMILES string of the molecule is CCn1c(CNC(=O)/C=C/c2ccc3c(c2)OCO3)nc2ccccc21. The third-order valence-electron chi connectivity index (χ3n) is 4.29. The predicted octanol–water partition coefficient (Wildman–Crippen LogP) is 3.11. The molecule has 0 saturated carbocycles. The van der Waals surface area contributed by atoms with E-state index in [0.717, 1.165) is 34.7 Å². The van der Waals surface area contributed by atoms with E-state index < -0.39 is 0 Å². The highest BCUT2D eigenvalue weighted by molar-refractivity contribution is 5.91. The Bertz CT molecular complexity index is 991. The molecule has 2 heterocycles. The van der Waals surface area contributed by atoms with Gasteiger partial charge in [0.1, 0.15) is 5.82 Å². The van der Waals surface area contributed by atoms with Gasteiger partial charge in [-0.25, -0.2) is 4.98 Å². The third-order valence-corrected chi connectivity index (χ3v) is 4.29. The van der Waals surface area contributed by atoms with Crippen LogP contribution in [-0.2, 0) is 17.9 Å². The Hall–Kier alpha value is -3.28. The summed E-state index contributed by atoms with van der Waals surface area (Å²) in [7, 11) is 0. The molecule has 0 unspecified atom stereocenters. The highest BCUT2D eigenvalue weighted by Crippen LogP contribution is 2.32. The zero-order valence-corrected chi connectivity index (χ0v) is 14.4. The maximum Gasteiger partial charge on any atom is 0.244 e. The van der Waals surface area contributed by atoms with Gasteiger partial charge >= 0.3 is 0 Å². The van der Waals surface area contributed by atoms with Crippen LogP contribution in [0.25, 0.3) is 17.1 Å². The first-order valence-corrected chi connectivity index (χ1v) is 8.54. The molecule has 1 aliphatic heterocycles. The number of amides is 1. The number of benzene rings is 2. The standard InChI is InChI=1S/C20H19N3O3/c1-2-23-16-6-4-3-5-15(16)22-19(23)12-21-20(24)10-8-14-7-9-17-18(11-14)26-13-25-17/h3-11H,2,12-13H2,1H3,(H,21,24)/b10-8+. The van der Waals surface area contributed by atoms with Gasteiger partial charge in [0, 0.05) is 12.6 Å². The zero-order valence-electron chi connectivity index (χ0n) is 14.4. The van der Waals surface area contributed by atoms with Gasteiger partial charge in [0.05, 0.1) is 17.6 Å². The molecule has 1 aliphatic rings. The van der Waals surface area contributed by atoms with Crippen LogP contribution in [0.3, 0.4) is 0 Å². The normalized spacial score (nSPS) is 12.8. The molecule has 0 spiro atoms. The summed E-state index contributed by atoms with van der Waals surface area (Å²) in [5.74, 6) is 2.10. The third kappa shape index (κ3) is 3.13. The summed E-state index contributed by atoms with van der Waals surface area (Å²) in [6.07, 6.45) is 3.26. The molecule has 1 aromatic heterocycles. The highest BCUT2D eigenvalue weighted by Gasteiger charge is 2.12. The van der Waals surface area contributed by atoms with Crippen molar-refractivity contribution in [1.82, 2.24) is 14.9 Å². The molecule has 26 heavy (non-hydrogen) atoms. The maximum atomic E-state index is 12.1. The zero-order chi connectivity index (χ0) is 17.9. The van der Waals surface area contributed by atoms with Crippen LogP contribution in [0.5, 0.6) is 11.5 Å². The fourth-order valence-corrected chi connectivity index (χ4v) is 3.03. The quantitative estimate of drug-likeness (QED) is 0.719. The average molecular weight is 349 g/mol. The van der Waals surface area contributed by atoms with E-state index in [4.69, 9.17) is 9.47 Å². The molecule has 0 bridgehead atoms. The molecule has 0 saturated heterocycles. The number of imidazole rings is 1. The van der Waals surface area contributed by atoms with Crippen molar-refractivity contribution in [3.05, 3.63) is 59.9 Å². The van der Waals surface area contributed by atoms with Gasteiger partial charge in [-0.3, -0.25) is 4.79 Å². The van der Waals surface area contributed by atoms with Crippen LogP contribution in [0.4, 0.5) is 0 Å².